The molecule has 1 aliphatic heterocycles. The van der Waals surface area contributed by atoms with E-state index in [0.717, 1.165) is 41.0 Å². The van der Waals surface area contributed by atoms with E-state index in [1.54, 1.807) is 12.4 Å². The molecule has 2 aromatic heterocycles. The molecule has 102 valence electrons. The van der Waals surface area contributed by atoms with Crippen LogP contribution in [-0.4, -0.2) is 27.3 Å². The number of carbonyl (C=O) groups excluding carboxylic acids is 1. The Morgan fingerprint density at radius 2 is 2.00 bits per heavy atom. The van der Waals surface area contributed by atoms with Crippen LogP contribution in [0.5, 0.6) is 0 Å². The van der Waals surface area contributed by atoms with Gasteiger partial charge in [0.1, 0.15) is 0 Å². The molecule has 20 heavy (non-hydrogen) atoms. The van der Waals surface area contributed by atoms with Gasteiger partial charge in [-0.3, -0.25) is 14.8 Å². The molecule has 0 N–H and O–H groups in total. The van der Waals surface area contributed by atoms with E-state index in [0.29, 0.717) is 6.54 Å². The number of amides is 1. The number of hydrogen-bond acceptors (Lipinski definition) is 3. The van der Waals surface area contributed by atoms with Gasteiger partial charge in [0.2, 0.25) is 0 Å². The molecule has 0 fully saturated rings. The van der Waals surface area contributed by atoms with Crippen LogP contribution in [-0.2, 0) is 13.0 Å². The Kier molecular flexibility index (Phi) is 3.22. The van der Waals surface area contributed by atoms with Crippen molar-refractivity contribution in [2.45, 2.75) is 26.8 Å². The molecule has 4 nitrogen and oxygen atoms in total. The lowest BCUT2D eigenvalue weighted by Crippen LogP contribution is -2.37. The summed E-state index contributed by atoms with van der Waals surface area (Å²) in [5.41, 5.74) is 4.88. The third kappa shape index (κ3) is 2.29. The Hall–Kier alpha value is -2.23. The fourth-order valence-electron chi connectivity index (χ4n) is 2.50. The zero-order valence-corrected chi connectivity index (χ0v) is 11.8. The first-order valence-electron chi connectivity index (χ1n) is 6.80. The second-order valence-corrected chi connectivity index (χ2v) is 5.22. The van der Waals surface area contributed by atoms with Crippen LogP contribution >= 0.6 is 0 Å². The second-order valence-electron chi connectivity index (χ2n) is 5.22. The highest BCUT2D eigenvalue weighted by atomic mass is 16.2. The van der Waals surface area contributed by atoms with Crippen molar-refractivity contribution in [3.05, 3.63) is 58.7 Å². The molecule has 1 amide bonds. The standard InChI is InChI=1S/C16H17N3O/c1-11-9-14-15(18-12(11)2)5-8-19(16(14)20)10-13-3-6-17-7-4-13/h3-4,6-7,9H,5,8,10H2,1-2H3. The Bertz CT molecular complexity index is 652. The van der Waals surface area contributed by atoms with Crippen LogP contribution in [0.25, 0.3) is 0 Å². The molecule has 0 unspecified atom stereocenters. The zero-order chi connectivity index (χ0) is 14.1. The van der Waals surface area contributed by atoms with Gasteiger partial charge in [0.05, 0.1) is 11.3 Å². The average Bonchev–Trinajstić information content (AvgIpc) is 2.46. The summed E-state index contributed by atoms with van der Waals surface area (Å²) in [6, 6.07) is 5.86. The van der Waals surface area contributed by atoms with Crippen LogP contribution < -0.4 is 0 Å². The van der Waals surface area contributed by atoms with E-state index in [1.165, 1.54) is 0 Å². The molecule has 0 saturated heterocycles. The molecule has 0 bridgehead atoms. The monoisotopic (exact) mass is 267 g/mol. The van der Waals surface area contributed by atoms with Crippen molar-refractivity contribution in [3.63, 3.8) is 0 Å². The van der Waals surface area contributed by atoms with Gasteiger partial charge < -0.3 is 4.90 Å². The highest BCUT2D eigenvalue weighted by Gasteiger charge is 2.25. The Labute approximate surface area is 118 Å². The van der Waals surface area contributed by atoms with Crippen molar-refractivity contribution in [2.75, 3.05) is 6.54 Å². The molecule has 3 heterocycles. The smallest absolute Gasteiger partial charge is 0.256 e. The number of hydrogen-bond donors (Lipinski definition) is 0. The quantitative estimate of drug-likeness (QED) is 0.838. The highest BCUT2D eigenvalue weighted by molar-refractivity contribution is 5.96. The van der Waals surface area contributed by atoms with E-state index in [4.69, 9.17) is 0 Å². The number of nitrogens with zero attached hydrogens (tertiary/aromatic N) is 3. The van der Waals surface area contributed by atoms with Crippen LogP contribution in [0.2, 0.25) is 0 Å². The SMILES string of the molecule is Cc1cc2c(nc1C)CCN(Cc1ccncc1)C2=O. The van der Waals surface area contributed by atoms with Gasteiger partial charge in [-0.15, -0.1) is 0 Å². The minimum absolute atomic E-state index is 0.0821. The van der Waals surface area contributed by atoms with Crippen molar-refractivity contribution in [1.29, 1.82) is 0 Å². The lowest BCUT2D eigenvalue weighted by Gasteiger charge is -2.28. The van der Waals surface area contributed by atoms with Gasteiger partial charge >= 0.3 is 0 Å². The molecule has 0 saturated carbocycles. The fourth-order valence-corrected chi connectivity index (χ4v) is 2.50. The van der Waals surface area contributed by atoms with Crippen molar-refractivity contribution >= 4 is 5.91 Å². The maximum Gasteiger partial charge on any atom is 0.256 e. The lowest BCUT2D eigenvalue weighted by atomic mass is 10.0. The maximum atomic E-state index is 12.6. The Morgan fingerprint density at radius 3 is 2.75 bits per heavy atom. The van der Waals surface area contributed by atoms with Gasteiger partial charge in [0.25, 0.3) is 5.91 Å². The summed E-state index contributed by atoms with van der Waals surface area (Å²) in [6.07, 6.45) is 4.34. The summed E-state index contributed by atoms with van der Waals surface area (Å²) >= 11 is 0. The van der Waals surface area contributed by atoms with E-state index >= 15 is 0 Å². The summed E-state index contributed by atoms with van der Waals surface area (Å²) < 4.78 is 0. The van der Waals surface area contributed by atoms with Gasteiger partial charge in [-0.2, -0.15) is 0 Å². The van der Waals surface area contributed by atoms with Crippen LogP contribution in [0.1, 0.15) is 32.9 Å². The molecule has 3 rings (SSSR count). The molecule has 4 heteroatoms. The molecule has 0 aliphatic carbocycles. The number of rotatable bonds is 2. The minimum Gasteiger partial charge on any atom is -0.334 e. The number of fused-ring (bicyclic) bond motifs is 1. The van der Waals surface area contributed by atoms with Gasteiger partial charge in [-0.1, -0.05) is 0 Å². The highest BCUT2D eigenvalue weighted by Crippen LogP contribution is 2.21. The zero-order valence-electron chi connectivity index (χ0n) is 11.8. The predicted molar refractivity (Wildman–Crippen MR) is 76.4 cm³/mol. The van der Waals surface area contributed by atoms with E-state index in [2.05, 4.69) is 9.97 Å². The van der Waals surface area contributed by atoms with Crippen LogP contribution in [0.15, 0.2) is 30.6 Å². The van der Waals surface area contributed by atoms with Crippen LogP contribution in [0, 0.1) is 13.8 Å². The lowest BCUT2D eigenvalue weighted by molar-refractivity contribution is 0.0725. The summed E-state index contributed by atoms with van der Waals surface area (Å²) in [6.45, 7) is 5.35. The third-order valence-electron chi connectivity index (χ3n) is 3.80. The average molecular weight is 267 g/mol. The topological polar surface area (TPSA) is 46.1 Å². The summed E-state index contributed by atoms with van der Waals surface area (Å²) in [5.74, 6) is 0.0821. The van der Waals surface area contributed by atoms with Crippen molar-refractivity contribution < 1.29 is 4.79 Å². The van der Waals surface area contributed by atoms with Crippen molar-refractivity contribution in [1.82, 2.24) is 14.9 Å². The number of pyridine rings is 2. The molecular formula is C16H17N3O. The van der Waals surface area contributed by atoms with Crippen molar-refractivity contribution in [2.24, 2.45) is 0 Å². The molecule has 0 radical (unpaired) electrons. The number of aryl methyl sites for hydroxylation is 2. The summed E-state index contributed by atoms with van der Waals surface area (Å²) in [4.78, 5) is 23.0. The van der Waals surface area contributed by atoms with E-state index in [1.807, 2.05) is 36.9 Å². The van der Waals surface area contributed by atoms with Gasteiger partial charge in [0, 0.05) is 37.6 Å². The maximum absolute atomic E-state index is 12.6. The van der Waals surface area contributed by atoms with Crippen LogP contribution in [0.4, 0.5) is 0 Å². The first-order chi connectivity index (χ1) is 9.65. The molecular weight excluding hydrogens is 250 g/mol. The number of carbonyl (C=O) groups is 1. The summed E-state index contributed by atoms with van der Waals surface area (Å²) in [5, 5.41) is 0. The largest absolute Gasteiger partial charge is 0.334 e. The normalized spacial score (nSPS) is 14.3. The number of aromatic nitrogens is 2. The third-order valence-corrected chi connectivity index (χ3v) is 3.80. The predicted octanol–water partition coefficient (Wildman–Crippen LogP) is 2.29. The summed E-state index contributed by atoms with van der Waals surface area (Å²) in [7, 11) is 0. The Morgan fingerprint density at radius 1 is 1.25 bits per heavy atom. The van der Waals surface area contributed by atoms with Gasteiger partial charge in [-0.25, -0.2) is 0 Å². The van der Waals surface area contributed by atoms with Gasteiger partial charge in [0.15, 0.2) is 0 Å². The minimum atomic E-state index is 0.0821. The molecule has 0 atom stereocenters. The first-order valence-corrected chi connectivity index (χ1v) is 6.80. The van der Waals surface area contributed by atoms with E-state index in [-0.39, 0.29) is 5.91 Å². The van der Waals surface area contributed by atoms with E-state index in [9.17, 15) is 4.79 Å². The molecule has 0 aromatic carbocycles. The fraction of sp³-hybridized carbons (Fsp3) is 0.312. The Balaban J connectivity index is 1.87. The van der Waals surface area contributed by atoms with Gasteiger partial charge in [-0.05, 0) is 43.2 Å². The van der Waals surface area contributed by atoms with Crippen LogP contribution in [0.3, 0.4) is 0 Å². The first kappa shape index (κ1) is 12.8. The molecule has 0 spiro atoms. The second kappa shape index (κ2) is 5.04. The molecule has 2 aromatic rings. The van der Waals surface area contributed by atoms with Crippen molar-refractivity contribution in [3.8, 4) is 0 Å². The molecule has 1 aliphatic rings. The van der Waals surface area contributed by atoms with E-state index < -0.39 is 0 Å².